The van der Waals surface area contributed by atoms with E-state index in [0.717, 1.165) is 105 Å². The molecule has 5 atom stereocenters. The van der Waals surface area contributed by atoms with Gasteiger partial charge in [-0.25, -0.2) is 0 Å². The maximum atomic E-state index is 6.19. The van der Waals surface area contributed by atoms with Crippen LogP contribution in [0.15, 0.2) is 0 Å². The number of ether oxygens (including phenoxy) is 1. The molecular weight excluding hydrogens is 869 g/mol. The van der Waals surface area contributed by atoms with Gasteiger partial charge in [-0.15, -0.1) is 0 Å². The molecule has 13 saturated carbocycles. The van der Waals surface area contributed by atoms with Crippen LogP contribution >= 0.6 is 0 Å². The number of hydrogen-bond acceptors (Lipinski definition) is 1. The summed E-state index contributed by atoms with van der Waals surface area (Å²) < 4.78 is 6.19. The molecule has 1 heteroatoms. The summed E-state index contributed by atoms with van der Waals surface area (Å²) in [4.78, 5) is 0. The zero-order valence-corrected chi connectivity index (χ0v) is 54.2. The van der Waals surface area contributed by atoms with Crippen LogP contribution < -0.4 is 0 Å². The highest BCUT2D eigenvalue weighted by atomic mass is 16.5. The van der Waals surface area contributed by atoms with Crippen LogP contribution in [-0.4, -0.2) is 12.2 Å². The maximum absolute atomic E-state index is 6.19. The molecular formula is C71H134O. The predicted molar refractivity (Wildman–Crippen MR) is 319 cm³/mol. The average Bonchev–Trinajstić information content (AvgIpc) is 3.31. The predicted octanol–water partition coefficient (Wildman–Crippen LogP) is 22.8. The van der Waals surface area contributed by atoms with E-state index in [1.54, 1.807) is 0 Å². The Labute approximate surface area is 454 Å². The van der Waals surface area contributed by atoms with Gasteiger partial charge in [0, 0.05) is 0 Å². The quantitative estimate of drug-likeness (QED) is 0.212. The van der Waals surface area contributed by atoms with E-state index in [9.17, 15) is 0 Å². The van der Waals surface area contributed by atoms with Gasteiger partial charge in [0.1, 0.15) is 0 Å². The molecule has 2 aliphatic heterocycles. The van der Waals surface area contributed by atoms with Gasteiger partial charge < -0.3 is 4.74 Å². The molecule has 0 aromatic heterocycles. The Hall–Kier alpha value is -0.0400. The molecule has 10 bridgehead atoms. The number of rotatable bonds is 10. The molecule has 1 nitrogen and oxygen atoms in total. The van der Waals surface area contributed by atoms with Crippen molar-refractivity contribution in [3.8, 4) is 0 Å². The van der Waals surface area contributed by atoms with Crippen LogP contribution in [0.4, 0.5) is 0 Å². The summed E-state index contributed by atoms with van der Waals surface area (Å²) in [6, 6.07) is 0. The second kappa shape index (κ2) is 23.0. The van der Waals surface area contributed by atoms with E-state index in [0.29, 0.717) is 27.6 Å². The molecule has 0 amide bonds. The van der Waals surface area contributed by atoms with Crippen molar-refractivity contribution in [3.05, 3.63) is 0 Å². The van der Waals surface area contributed by atoms with E-state index in [-0.39, 0.29) is 5.60 Å². The molecule has 2 saturated heterocycles. The highest BCUT2D eigenvalue weighted by molar-refractivity contribution is 5.19. The Kier molecular flexibility index (Phi) is 20.0. The summed E-state index contributed by atoms with van der Waals surface area (Å²) in [5.74, 6) is 11.5. The van der Waals surface area contributed by atoms with E-state index in [4.69, 9.17) is 4.74 Å². The second-order valence-corrected chi connectivity index (χ2v) is 32.6. The van der Waals surface area contributed by atoms with Gasteiger partial charge in [0.2, 0.25) is 0 Å². The molecule has 0 radical (unpaired) electrons. The van der Waals surface area contributed by atoms with Crippen LogP contribution in [0.5, 0.6) is 0 Å². The normalized spacial score (nSPS) is 44.0. The number of fused-ring (bicyclic) bond motifs is 12. The molecule has 72 heavy (non-hydrogen) atoms. The average molecular weight is 1000 g/mol. The van der Waals surface area contributed by atoms with Crippen LogP contribution in [0.25, 0.3) is 0 Å². The lowest BCUT2D eigenvalue weighted by atomic mass is 9.30. The summed E-state index contributed by atoms with van der Waals surface area (Å²) >= 11 is 0. The largest absolute Gasteiger partial charge is 0.374 e. The first-order chi connectivity index (χ1) is 33.3. The highest BCUT2D eigenvalue weighted by Crippen LogP contribution is 2.78. The summed E-state index contributed by atoms with van der Waals surface area (Å²) in [5, 5.41) is 0. The van der Waals surface area contributed by atoms with Crippen LogP contribution in [0.3, 0.4) is 0 Å². The third kappa shape index (κ3) is 11.0. The minimum Gasteiger partial charge on any atom is -0.374 e. The van der Waals surface area contributed by atoms with Gasteiger partial charge in [-0.3, -0.25) is 0 Å². The fourth-order valence-corrected chi connectivity index (χ4v) is 20.4. The summed E-state index contributed by atoms with van der Waals surface area (Å²) in [7, 11) is 0. The fourth-order valence-electron chi connectivity index (χ4n) is 20.4. The Balaban J connectivity index is 0.000000166. The van der Waals surface area contributed by atoms with Crippen LogP contribution in [0.1, 0.15) is 314 Å². The van der Waals surface area contributed by atoms with Gasteiger partial charge in [-0.2, -0.15) is 0 Å². The van der Waals surface area contributed by atoms with Crippen molar-refractivity contribution in [3.63, 3.8) is 0 Å². The molecule has 2 heterocycles. The van der Waals surface area contributed by atoms with Gasteiger partial charge in [-0.05, 0) is 267 Å². The number of hydrogen-bond donors (Lipinski definition) is 0. The summed E-state index contributed by atoms with van der Waals surface area (Å²) in [6.45, 7) is 60.9. The standard InChI is InChI=1S/C16H30.C15H28.C14H26.C13H24O.C11H20.C2H6/c1-11(2)15-7-8-16(12(3)4,10-13(15)5)14(6)9-15;1-11(2)14-6-8-15(9-7-14,12(3)4)13(5)10-14;1-11(2)13-5-8-14(9-6-13,10-7-13)12(3)4;1-10(2)12-5-7-13(8-6-12,11(3)4)14-9-12;1-8(2)10-5-11(6-10,7-10)9(3)4;1-2/h11-14H,7-10H2,1-6H3;11-13H,6-10H2,1-5H3;11-12H,5-10H2,1-4H3;10-11H,5-9H2,1-4H3;8-9H,5-7H2,1-4H3;1-2H3. The zero-order valence-electron chi connectivity index (χ0n) is 54.2. The van der Waals surface area contributed by atoms with E-state index >= 15 is 0 Å². The van der Waals surface area contributed by atoms with Crippen molar-refractivity contribution in [2.24, 2.45) is 126 Å². The first-order valence-corrected chi connectivity index (χ1v) is 32.9. The van der Waals surface area contributed by atoms with E-state index in [2.05, 4.69) is 159 Å². The molecule has 0 aromatic rings. The topological polar surface area (TPSA) is 9.23 Å². The van der Waals surface area contributed by atoms with Crippen molar-refractivity contribution in [2.75, 3.05) is 6.61 Å². The Bertz CT molecular complexity index is 1460. The van der Waals surface area contributed by atoms with Crippen LogP contribution in [0.2, 0.25) is 0 Å². The molecule has 424 valence electrons. The molecule has 13 aliphatic carbocycles. The van der Waals surface area contributed by atoms with Crippen molar-refractivity contribution < 1.29 is 4.74 Å². The van der Waals surface area contributed by atoms with Crippen molar-refractivity contribution >= 4 is 0 Å². The lowest BCUT2D eigenvalue weighted by Gasteiger charge is -2.75. The van der Waals surface area contributed by atoms with Crippen LogP contribution in [-0.2, 0) is 4.74 Å². The highest BCUT2D eigenvalue weighted by Gasteiger charge is 2.69. The van der Waals surface area contributed by atoms with Crippen molar-refractivity contribution in [2.45, 2.75) is 320 Å². The monoisotopic (exact) mass is 1000 g/mol. The first-order valence-electron chi connectivity index (χ1n) is 32.9. The van der Waals surface area contributed by atoms with Gasteiger partial charge in [0.05, 0.1) is 12.2 Å². The SMILES string of the molecule is CC.CC(C)C12CC(C(C)C)(C1)C2.CC(C)C12CCC(C(C)C)(CC1)C(C)C2.CC(C)C12CCC(C(C)C)(CC1)CC2.CC(C)C12CCC(C(C)C)(CC1)OC2.CC(C)C12CCC(C(C)C)(CC1C)C(C)C2. The fraction of sp³-hybridized carbons (Fsp3) is 1.00. The molecule has 0 N–H and O–H groups in total. The third-order valence-electron chi connectivity index (χ3n) is 28.3. The molecule has 5 unspecified atom stereocenters. The van der Waals surface area contributed by atoms with Gasteiger partial charge in [0.15, 0.2) is 0 Å². The minimum atomic E-state index is 0.247. The molecule has 15 aliphatic rings. The smallest absolute Gasteiger partial charge is 0.0706 e. The Morgan fingerprint density at radius 1 is 0.264 bits per heavy atom. The van der Waals surface area contributed by atoms with Crippen LogP contribution in [0, 0.1) is 126 Å². The molecule has 15 rings (SSSR count). The maximum Gasteiger partial charge on any atom is 0.0706 e. The Morgan fingerprint density at radius 2 is 0.528 bits per heavy atom. The second-order valence-electron chi connectivity index (χ2n) is 32.6. The van der Waals surface area contributed by atoms with Gasteiger partial charge in [0.25, 0.3) is 0 Å². The summed E-state index contributed by atoms with van der Waals surface area (Å²) in [5.41, 5.74) is 6.66. The Morgan fingerprint density at radius 3 is 0.750 bits per heavy atom. The van der Waals surface area contributed by atoms with Gasteiger partial charge in [-0.1, -0.05) is 173 Å². The van der Waals surface area contributed by atoms with Gasteiger partial charge >= 0.3 is 0 Å². The van der Waals surface area contributed by atoms with E-state index in [1.165, 1.54) is 141 Å². The van der Waals surface area contributed by atoms with E-state index < -0.39 is 0 Å². The van der Waals surface area contributed by atoms with Crippen molar-refractivity contribution in [1.82, 2.24) is 0 Å². The summed E-state index contributed by atoms with van der Waals surface area (Å²) in [6.07, 6.45) is 32.6. The molecule has 0 spiro atoms. The minimum absolute atomic E-state index is 0.247. The molecule has 15 fully saturated rings. The molecule has 0 aromatic carbocycles. The first kappa shape index (κ1) is 62.8. The van der Waals surface area contributed by atoms with Crippen molar-refractivity contribution in [1.29, 1.82) is 0 Å². The lowest BCUT2D eigenvalue weighted by molar-refractivity contribution is -0.252. The third-order valence-corrected chi connectivity index (χ3v) is 28.3. The van der Waals surface area contributed by atoms with E-state index in [1.807, 2.05) is 13.8 Å². The zero-order chi connectivity index (χ0) is 54.5. The lowest BCUT2D eigenvalue weighted by Crippen LogP contribution is -2.66.